The fraction of sp³-hybridized carbons (Fsp3) is 0.333. The van der Waals surface area contributed by atoms with E-state index < -0.39 is 17.9 Å². The Kier molecular flexibility index (Phi) is 7.35. The van der Waals surface area contributed by atoms with Gasteiger partial charge in [0.05, 0.1) is 0 Å². The van der Waals surface area contributed by atoms with Gasteiger partial charge in [0.2, 0.25) is 0 Å². The second-order valence-corrected chi connectivity index (χ2v) is 5.94. The van der Waals surface area contributed by atoms with Crippen molar-refractivity contribution in [1.82, 2.24) is 5.32 Å². The van der Waals surface area contributed by atoms with Gasteiger partial charge < -0.3 is 15.7 Å². The first-order valence-electron chi connectivity index (χ1n) is 7.76. The van der Waals surface area contributed by atoms with Crippen molar-refractivity contribution in [2.24, 2.45) is 5.92 Å². The van der Waals surface area contributed by atoms with Crippen molar-refractivity contribution in [3.05, 3.63) is 41.6 Å². The van der Waals surface area contributed by atoms with Gasteiger partial charge in [-0.1, -0.05) is 13.8 Å². The molecule has 0 fully saturated rings. The van der Waals surface area contributed by atoms with E-state index >= 15 is 0 Å². The molecule has 7 heteroatoms. The molecule has 7 nitrogen and oxygen atoms in total. The van der Waals surface area contributed by atoms with E-state index in [4.69, 9.17) is 10.4 Å². The van der Waals surface area contributed by atoms with E-state index in [1.54, 1.807) is 30.3 Å². The minimum atomic E-state index is -1.05. The van der Waals surface area contributed by atoms with E-state index in [1.807, 2.05) is 13.8 Å². The normalized spacial score (nSPS) is 12.2. The average Bonchev–Trinajstić information content (AvgIpc) is 2.54. The highest BCUT2D eigenvalue weighted by molar-refractivity contribution is 6.06. The molecule has 0 spiro atoms. The van der Waals surface area contributed by atoms with Crippen molar-refractivity contribution in [3.63, 3.8) is 0 Å². The fourth-order valence-corrected chi connectivity index (χ4v) is 2.03. The second kappa shape index (κ2) is 9.23. The molecule has 1 atom stereocenters. The smallest absolute Gasteiger partial charge is 0.326 e. The van der Waals surface area contributed by atoms with Crippen LogP contribution in [0.3, 0.4) is 0 Å². The molecule has 0 aliphatic carbocycles. The number of benzene rings is 1. The number of carboxylic acids is 1. The van der Waals surface area contributed by atoms with Crippen LogP contribution in [-0.4, -0.2) is 28.8 Å². The molecule has 0 saturated carbocycles. The van der Waals surface area contributed by atoms with Gasteiger partial charge in [-0.2, -0.15) is 5.26 Å². The van der Waals surface area contributed by atoms with Crippen LogP contribution in [0, 0.1) is 17.2 Å². The summed E-state index contributed by atoms with van der Waals surface area (Å²) >= 11 is 0. The molecular formula is C18H21N3O4. The van der Waals surface area contributed by atoms with Gasteiger partial charge in [0.1, 0.15) is 17.7 Å². The number of carboxylic acid groups (broad SMARTS) is 1. The zero-order chi connectivity index (χ0) is 19.0. The van der Waals surface area contributed by atoms with Gasteiger partial charge in [0, 0.05) is 17.5 Å². The molecule has 1 aromatic carbocycles. The number of ketones is 1. The van der Waals surface area contributed by atoms with Crippen molar-refractivity contribution in [2.45, 2.75) is 33.2 Å². The molecular weight excluding hydrogens is 322 g/mol. The van der Waals surface area contributed by atoms with E-state index in [0.29, 0.717) is 17.7 Å². The molecule has 25 heavy (non-hydrogen) atoms. The average molecular weight is 343 g/mol. The lowest BCUT2D eigenvalue weighted by Crippen LogP contribution is -2.35. The number of nitrogens with one attached hydrogen (secondary N) is 2. The van der Waals surface area contributed by atoms with E-state index in [9.17, 15) is 14.4 Å². The Hall–Kier alpha value is -3.14. The standard InChI is InChI=1S/C18H21N3O4/c1-11(2)8-16(18(24)25)20-10-14(9-19)17(23)21-15-6-4-13(5-7-15)12(3)22/h4-7,10-11,16,20H,8H2,1-3H3,(H,21,23)(H,24,25)/b14-10-. The van der Waals surface area contributed by atoms with Crippen LogP contribution in [0.5, 0.6) is 0 Å². The zero-order valence-corrected chi connectivity index (χ0v) is 14.4. The molecule has 0 aliphatic heterocycles. The fourth-order valence-electron chi connectivity index (χ4n) is 2.03. The summed E-state index contributed by atoms with van der Waals surface area (Å²) in [6.45, 7) is 5.19. The number of hydrogen-bond acceptors (Lipinski definition) is 5. The highest BCUT2D eigenvalue weighted by Gasteiger charge is 2.18. The molecule has 0 radical (unpaired) electrons. The number of nitrogens with zero attached hydrogens (tertiary/aromatic N) is 1. The van der Waals surface area contributed by atoms with Gasteiger partial charge in [-0.25, -0.2) is 4.79 Å². The summed E-state index contributed by atoms with van der Waals surface area (Å²) in [5.41, 5.74) is 0.687. The molecule has 1 amide bonds. The van der Waals surface area contributed by atoms with E-state index in [2.05, 4.69) is 10.6 Å². The Morgan fingerprint density at radius 2 is 1.84 bits per heavy atom. The number of amides is 1. The lowest BCUT2D eigenvalue weighted by molar-refractivity contribution is -0.139. The van der Waals surface area contributed by atoms with E-state index in [1.165, 1.54) is 6.92 Å². The summed E-state index contributed by atoms with van der Waals surface area (Å²) in [4.78, 5) is 34.5. The summed E-state index contributed by atoms with van der Waals surface area (Å²) in [7, 11) is 0. The number of anilines is 1. The third kappa shape index (κ3) is 6.47. The first kappa shape index (κ1) is 19.9. The molecule has 1 aromatic rings. The van der Waals surface area contributed by atoms with Crippen LogP contribution in [0.25, 0.3) is 0 Å². The lowest BCUT2D eigenvalue weighted by Gasteiger charge is -2.15. The van der Waals surface area contributed by atoms with Crippen LogP contribution >= 0.6 is 0 Å². The van der Waals surface area contributed by atoms with Crippen LogP contribution < -0.4 is 10.6 Å². The number of rotatable bonds is 8. The third-order valence-corrected chi connectivity index (χ3v) is 3.35. The van der Waals surface area contributed by atoms with Crippen molar-refractivity contribution in [1.29, 1.82) is 5.26 Å². The van der Waals surface area contributed by atoms with Gasteiger partial charge in [0.15, 0.2) is 5.78 Å². The molecule has 0 aromatic heterocycles. The number of nitriles is 1. The van der Waals surface area contributed by atoms with Crippen molar-refractivity contribution in [3.8, 4) is 6.07 Å². The van der Waals surface area contributed by atoms with Gasteiger partial charge in [0.25, 0.3) is 5.91 Å². The topological polar surface area (TPSA) is 119 Å². The molecule has 0 saturated heterocycles. The maximum atomic E-state index is 12.1. The van der Waals surface area contributed by atoms with Crippen molar-refractivity contribution in [2.75, 3.05) is 5.32 Å². The predicted molar refractivity (Wildman–Crippen MR) is 92.8 cm³/mol. The van der Waals surface area contributed by atoms with Crippen LogP contribution in [0.15, 0.2) is 36.0 Å². The van der Waals surface area contributed by atoms with Crippen LogP contribution in [0.2, 0.25) is 0 Å². The summed E-state index contributed by atoms with van der Waals surface area (Å²) in [5.74, 6) is -1.67. The summed E-state index contributed by atoms with van der Waals surface area (Å²) in [6, 6.07) is 7.09. The molecule has 1 unspecified atom stereocenters. The highest BCUT2D eigenvalue weighted by Crippen LogP contribution is 2.11. The molecule has 3 N–H and O–H groups in total. The van der Waals surface area contributed by atoms with E-state index in [-0.39, 0.29) is 17.3 Å². The lowest BCUT2D eigenvalue weighted by atomic mass is 10.0. The first-order valence-corrected chi connectivity index (χ1v) is 7.76. The third-order valence-electron chi connectivity index (χ3n) is 3.35. The Morgan fingerprint density at radius 1 is 1.24 bits per heavy atom. The minimum absolute atomic E-state index is 0.0930. The number of carbonyl (C=O) groups excluding carboxylic acids is 2. The molecule has 1 rings (SSSR count). The van der Waals surface area contributed by atoms with Crippen LogP contribution in [-0.2, 0) is 9.59 Å². The second-order valence-electron chi connectivity index (χ2n) is 5.94. The van der Waals surface area contributed by atoms with Gasteiger partial charge in [-0.3, -0.25) is 9.59 Å². The zero-order valence-electron chi connectivity index (χ0n) is 14.4. The molecule has 0 aliphatic rings. The number of Topliss-reactive ketones (excluding diaryl/α,β-unsaturated/α-hetero) is 1. The minimum Gasteiger partial charge on any atom is -0.480 e. The van der Waals surface area contributed by atoms with E-state index in [0.717, 1.165) is 6.20 Å². The Bertz CT molecular complexity index is 715. The highest BCUT2D eigenvalue weighted by atomic mass is 16.4. The quantitative estimate of drug-likeness (QED) is 0.378. The summed E-state index contributed by atoms with van der Waals surface area (Å²) < 4.78 is 0. The maximum absolute atomic E-state index is 12.1. The van der Waals surface area contributed by atoms with Gasteiger partial charge >= 0.3 is 5.97 Å². The monoisotopic (exact) mass is 343 g/mol. The number of hydrogen-bond donors (Lipinski definition) is 3. The molecule has 0 bridgehead atoms. The van der Waals surface area contributed by atoms with Crippen molar-refractivity contribution >= 4 is 23.3 Å². The summed E-state index contributed by atoms with van der Waals surface area (Å²) in [5, 5.41) is 23.4. The summed E-state index contributed by atoms with van der Waals surface area (Å²) in [6.07, 6.45) is 1.47. The van der Waals surface area contributed by atoms with Crippen LogP contribution in [0.4, 0.5) is 5.69 Å². The first-order chi connectivity index (χ1) is 11.7. The molecule has 0 heterocycles. The van der Waals surface area contributed by atoms with Crippen molar-refractivity contribution < 1.29 is 19.5 Å². The maximum Gasteiger partial charge on any atom is 0.326 e. The van der Waals surface area contributed by atoms with Gasteiger partial charge in [-0.05, 0) is 43.5 Å². The Morgan fingerprint density at radius 3 is 2.28 bits per heavy atom. The largest absolute Gasteiger partial charge is 0.480 e. The van der Waals surface area contributed by atoms with Crippen LogP contribution in [0.1, 0.15) is 37.6 Å². The SMILES string of the molecule is CC(=O)c1ccc(NC(=O)/C(C#N)=C\NC(CC(C)C)C(=O)O)cc1. The molecule has 132 valence electrons. The number of aliphatic carboxylic acids is 1. The number of carbonyl (C=O) groups is 3. The predicted octanol–water partition coefficient (Wildman–Crippen LogP) is 2.32. The Labute approximate surface area is 146 Å². The van der Waals surface area contributed by atoms with Gasteiger partial charge in [-0.15, -0.1) is 0 Å². The Balaban J connectivity index is 2.80.